The van der Waals surface area contributed by atoms with E-state index in [0.717, 1.165) is 9.13 Å². The average molecular weight is 434 g/mol. The van der Waals surface area contributed by atoms with Crippen LogP contribution in [0, 0.1) is 21.8 Å². The number of aromatic hydroxyl groups is 1. The summed E-state index contributed by atoms with van der Waals surface area (Å²) in [5.74, 6) is -0.378. The van der Waals surface area contributed by atoms with Gasteiger partial charge in [0.2, 0.25) is 0 Å². The molecular weight excluding hydrogens is 419 g/mol. The van der Waals surface area contributed by atoms with Crippen molar-refractivity contribution in [2.45, 2.75) is 6.92 Å². The molecule has 0 saturated carbocycles. The normalized spacial score (nSPS) is 10.8. The van der Waals surface area contributed by atoms with Gasteiger partial charge in [-0.1, -0.05) is 17.7 Å². The van der Waals surface area contributed by atoms with Crippen LogP contribution in [0.15, 0.2) is 42.0 Å². The molecule has 0 radical (unpaired) electrons. The Morgan fingerprint density at radius 2 is 2.00 bits per heavy atom. The van der Waals surface area contributed by atoms with Gasteiger partial charge in [0.15, 0.2) is 11.5 Å². The predicted octanol–water partition coefficient (Wildman–Crippen LogP) is 3.86. The first-order chi connectivity index (χ1) is 11.4. The smallest absolute Gasteiger partial charge is 0.266 e. The van der Waals surface area contributed by atoms with E-state index < -0.39 is 5.91 Å². The molecule has 0 aliphatic rings. The SMILES string of the molecule is COc1cc(I)cc(/C=C(/C#N)C(=O)Nc2ccc(C)cc2)c1O. The molecule has 2 rings (SSSR count). The molecule has 0 aliphatic carbocycles. The minimum Gasteiger partial charge on any atom is -0.504 e. The number of anilines is 1. The second-order valence-corrected chi connectivity index (χ2v) is 6.28. The van der Waals surface area contributed by atoms with Crippen LogP contribution in [0.5, 0.6) is 11.5 Å². The van der Waals surface area contributed by atoms with Gasteiger partial charge in [-0.25, -0.2) is 0 Å². The zero-order chi connectivity index (χ0) is 17.7. The lowest BCUT2D eigenvalue weighted by atomic mass is 10.1. The summed E-state index contributed by atoms with van der Waals surface area (Å²) in [4.78, 5) is 12.3. The van der Waals surface area contributed by atoms with Crippen LogP contribution in [-0.4, -0.2) is 18.1 Å². The van der Waals surface area contributed by atoms with E-state index in [4.69, 9.17) is 4.74 Å². The fourth-order valence-corrected chi connectivity index (χ4v) is 2.62. The Balaban J connectivity index is 2.32. The molecule has 0 heterocycles. The van der Waals surface area contributed by atoms with Crippen LogP contribution in [0.25, 0.3) is 6.08 Å². The average Bonchev–Trinajstić information content (AvgIpc) is 2.57. The lowest BCUT2D eigenvalue weighted by molar-refractivity contribution is -0.112. The number of carbonyl (C=O) groups is 1. The number of methoxy groups -OCH3 is 1. The first-order valence-corrected chi connectivity index (χ1v) is 8.08. The maximum absolute atomic E-state index is 12.3. The zero-order valence-electron chi connectivity index (χ0n) is 13.1. The lowest BCUT2D eigenvalue weighted by Gasteiger charge is -2.08. The highest BCUT2D eigenvalue weighted by Crippen LogP contribution is 2.33. The Bertz CT molecular complexity index is 837. The molecule has 2 aromatic carbocycles. The van der Waals surface area contributed by atoms with Crippen LogP contribution in [0.4, 0.5) is 5.69 Å². The number of rotatable bonds is 4. The van der Waals surface area contributed by atoms with E-state index in [1.54, 1.807) is 24.3 Å². The number of aryl methyl sites for hydroxylation is 1. The van der Waals surface area contributed by atoms with Gasteiger partial charge in [0.1, 0.15) is 11.6 Å². The molecule has 24 heavy (non-hydrogen) atoms. The van der Waals surface area contributed by atoms with Crippen molar-refractivity contribution in [3.63, 3.8) is 0 Å². The van der Waals surface area contributed by atoms with Gasteiger partial charge in [0.25, 0.3) is 5.91 Å². The van der Waals surface area contributed by atoms with Gasteiger partial charge in [-0.2, -0.15) is 5.26 Å². The molecule has 6 heteroatoms. The first kappa shape index (κ1) is 17.8. The number of ether oxygens (including phenoxy) is 1. The van der Waals surface area contributed by atoms with Crippen LogP contribution in [0.2, 0.25) is 0 Å². The van der Waals surface area contributed by atoms with Crippen LogP contribution < -0.4 is 10.1 Å². The number of hydrogen-bond acceptors (Lipinski definition) is 4. The van der Waals surface area contributed by atoms with Gasteiger partial charge in [-0.05, 0) is 59.9 Å². The van der Waals surface area contributed by atoms with Gasteiger partial charge in [0, 0.05) is 14.8 Å². The largest absolute Gasteiger partial charge is 0.504 e. The van der Waals surface area contributed by atoms with Crippen molar-refractivity contribution in [3.05, 3.63) is 56.7 Å². The van der Waals surface area contributed by atoms with Crippen molar-refractivity contribution < 1.29 is 14.6 Å². The summed E-state index contributed by atoms with van der Waals surface area (Å²) in [5, 5.41) is 22.1. The third-order valence-corrected chi connectivity index (χ3v) is 3.89. The molecule has 5 nitrogen and oxygen atoms in total. The molecule has 2 N–H and O–H groups in total. The molecule has 0 aromatic heterocycles. The summed E-state index contributed by atoms with van der Waals surface area (Å²) >= 11 is 2.07. The molecule has 0 fully saturated rings. The van der Waals surface area contributed by atoms with Crippen LogP contribution in [-0.2, 0) is 4.79 Å². The Kier molecular flexibility index (Phi) is 5.82. The van der Waals surface area contributed by atoms with Crippen LogP contribution in [0.1, 0.15) is 11.1 Å². The second-order valence-electron chi connectivity index (χ2n) is 5.04. The van der Waals surface area contributed by atoms with E-state index in [2.05, 4.69) is 27.9 Å². The van der Waals surface area contributed by atoms with E-state index in [0.29, 0.717) is 11.3 Å². The summed E-state index contributed by atoms with van der Waals surface area (Å²) in [6.07, 6.45) is 1.34. The number of halogens is 1. The summed E-state index contributed by atoms with van der Waals surface area (Å²) in [6, 6.07) is 12.4. The molecule has 2 aromatic rings. The molecule has 0 atom stereocenters. The number of benzene rings is 2. The number of nitrogens with one attached hydrogen (secondary N) is 1. The second kappa shape index (κ2) is 7.84. The minimum absolute atomic E-state index is 0.116. The van der Waals surface area contributed by atoms with E-state index in [1.807, 2.05) is 25.1 Å². The molecule has 0 spiro atoms. The van der Waals surface area contributed by atoms with Gasteiger partial charge in [-0.3, -0.25) is 4.79 Å². The Morgan fingerprint density at radius 1 is 1.33 bits per heavy atom. The van der Waals surface area contributed by atoms with Gasteiger partial charge in [-0.15, -0.1) is 0 Å². The highest BCUT2D eigenvalue weighted by molar-refractivity contribution is 14.1. The number of phenolic OH excluding ortho intramolecular Hbond substituents is 1. The standard InChI is InChI=1S/C18H15IN2O3/c1-11-3-5-15(6-4-11)21-18(23)13(10-20)7-12-8-14(19)9-16(24-2)17(12)22/h3-9,22H,1-2H3,(H,21,23)/b13-7-. The maximum atomic E-state index is 12.3. The predicted molar refractivity (Wildman–Crippen MR) is 101 cm³/mol. The number of hydrogen-bond donors (Lipinski definition) is 2. The maximum Gasteiger partial charge on any atom is 0.266 e. The Hall–Kier alpha value is -2.53. The van der Waals surface area contributed by atoms with Gasteiger partial charge < -0.3 is 15.2 Å². The third kappa shape index (κ3) is 4.26. The highest BCUT2D eigenvalue weighted by atomic mass is 127. The van der Waals surface area contributed by atoms with Crippen molar-refractivity contribution in [1.82, 2.24) is 0 Å². The van der Waals surface area contributed by atoms with E-state index in [1.165, 1.54) is 13.2 Å². The summed E-state index contributed by atoms with van der Waals surface area (Å²) in [6.45, 7) is 1.94. The van der Waals surface area contributed by atoms with Gasteiger partial charge in [0.05, 0.1) is 7.11 Å². The highest BCUT2D eigenvalue weighted by Gasteiger charge is 2.13. The van der Waals surface area contributed by atoms with E-state index in [-0.39, 0.29) is 17.1 Å². The summed E-state index contributed by atoms with van der Waals surface area (Å²) in [7, 11) is 1.44. The Labute approximate surface area is 153 Å². The number of amides is 1. The van der Waals surface area contributed by atoms with Gasteiger partial charge >= 0.3 is 0 Å². The van der Waals surface area contributed by atoms with Crippen molar-refractivity contribution in [1.29, 1.82) is 5.26 Å². The third-order valence-electron chi connectivity index (χ3n) is 3.26. The molecule has 0 bridgehead atoms. The minimum atomic E-state index is -0.543. The number of nitriles is 1. The monoisotopic (exact) mass is 434 g/mol. The fraction of sp³-hybridized carbons (Fsp3) is 0.111. The van der Waals surface area contributed by atoms with E-state index >= 15 is 0 Å². The van der Waals surface area contributed by atoms with Crippen molar-refractivity contribution in [3.8, 4) is 17.6 Å². The molecule has 122 valence electrons. The Morgan fingerprint density at radius 3 is 2.58 bits per heavy atom. The van der Waals surface area contributed by atoms with Crippen molar-refractivity contribution in [2.24, 2.45) is 0 Å². The first-order valence-electron chi connectivity index (χ1n) is 7.01. The lowest BCUT2D eigenvalue weighted by Crippen LogP contribution is -2.13. The zero-order valence-corrected chi connectivity index (χ0v) is 15.3. The van der Waals surface area contributed by atoms with E-state index in [9.17, 15) is 15.2 Å². The topological polar surface area (TPSA) is 82.3 Å². The fourth-order valence-electron chi connectivity index (χ4n) is 2.00. The molecule has 0 unspecified atom stereocenters. The van der Waals surface area contributed by atoms with Crippen molar-refractivity contribution in [2.75, 3.05) is 12.4 Å². The molecule has 0 saturated heterocycles. The molecule has 0 aliphatic heterocycles. The van der Waals surface area contributed by atoms with Crippen LogP contribution in [0.3, 0.4) is 0 Å². The van der Waals surface area contributed by atoms with Crippen LogP contribution >= 0.6 is 22.6 Å². The number of phenols is 1. The van der Waals surface area contributed by atoms with Crippen molar-refractivity contribution >= 4 is 40.3 Å². The summed E-state index contributed by atoms with van der Waals surface area (Å²) < 4.78 is 5.89. The number of nitrogens with zero attached hydrogens (tertiary/aromatic N) is 1. The quantitative estimate of drug-likeness (QED) is 0.435. The summed E-state index contributed by atoms with van der Waals surface area (Å²) in [5.41, 5.74) is 1.89. The molecular formula is C18H15IN2O3. The number of carbonyl (C=O) groups excluding carboxylic acids is 1. The molecule has 1 amide bonds.